The lowest BCUT2D eigenvalue weighted by Crippen LogP contribution is -2.41. The maximum Gasteiger partial charge on any atom is 0.159 e. The minimum atomic E-state index is -1.26. The molecule has 1 aliphatic carbocycles. The Morgan fingerprint density at radius 3 is 2.54 bits per heavy atom. The fourth-order valence-electron chi connectivity index (χ4n) is 3.41. The summed E-state index contributed by atoms with van der Waals surface area (Å²) < 4.78 is 26.5. The topological polar surface area (TPSA) is 116 Å². The Morgan fingerprint density at radius 2 is 1.88 bits per heavy atom. The van der Waals surface area contributed by atoms with Crippen molar-refractivity contribution in [1.82, 2.24) is 9.97 Å². The second kappa shape index (κ2) is 7.10. The summed E-state index contributed by atoms with van der Waals surface area (Å²) in [6.07, 6.45) is -2.18. The number of anilines is 2. The molecule has 0 aliphatic heterocycles. The van der Waals surface area contributed by atoms with Crippen molar-refractivity contribution in [3.63, 3.8) is 0 Å². The van der Waals surface area contributed by atoms with E-state index < -0.39 is 41.9 Å². The molecule has 5 atom stereocenters. The summed E-state index contributed by atoms with van der Waals surface area (Å²) in [6, 6.07) is 4.03. The number of rotatable bonds is 4. The summed E-state index contributed by atoms with van der Waals surface area (Å²) in [4.78, 5) is 9.53. The van der Waals surface area contributed by atoms with Gasteiger partial charge in [0.25, 0.3) is 0 Å². The van der Waals surface area contributed by atoms with Gasteiger partial charge in [-0.1, -0.05) is 6.07 Å². The zero-order valence-electron chi connectivity index (χ0n) is 14.0. The molecule has 0 amide bonds. The molecule has 1 heterocycles. The third kappa shape index (κ3) is 3.33. The van der Waals surface area contributed by atoms with Crippen molar-refractivity contribution < 1.29 is 24.1 Å². The van der Waals surface area contributed by atoms with E-state index in [-0.39, 0.29) is 17.8 Å². The van der Waals surface area contributed by atoms with Gasteiger partial charge >= 0.3 is 0 Å². The second-order valence-electron chi connectivity index (χ2n) is 6.48. The van der Waals surface area contributed by atoms with Crippen molar-refractivity contribution in [2.75, 3.05) is 17.7 Å². The fourth-order valence-corrected chi connectivity index (χ4v) is 3.41. The van der Waals surface area contributed by atoms with Gasteiger partial charge in [-0.25, -0.2) is 18.7 Å². The van der Waals surface area contributed by atoms with E-state index in [0.717, 1.165) is 12.1 Å². The average Bonchev–Trinajstić information content (AvgIpc) is 2.91. The van der Waals surface area contributed by atoms with Gasteiger partial charge in [0.15, 0.2) is 11.6 Å². The van der Waals surface area contributed by atoms with Crippen LogP contribution in [0.4, 0.5) is 20.4 Å². The lowest BCUT2D eigenvalue weighted by atomic mass is 9.92. The smallest absolute Gasteiger partial charge is 0.159 e. The normalized spacial score (nSPS) is 26.7. The van der Waals surface area contributed by atoms with Crippen LogP contribution in [0.2, 0.25) is 0 Å². The number of aromatic nitrogens is 2. The molecule has 140 valence electrons. The van der Waals surface area contributed by atoms with Crippen LogP contribution in [0.1, 0.15) is 18.1 Å². The van der Waals surface area contributed by atoms with E-state index in [1.54, 1.807) is 11.9 Å². The Kier molecular flexibility index (Phi) is 5.03. The third-order valence-electron chi connectivity index (χ3n) is 4.92. The monoisotopic (exact) mass is 366 g/mol. The minimum Gasteiger partial charge on any atom is -0.390 e. The number of aliphatic hydroxyl groups is 3. The number of hydrogen-bond acceptors (Lipinski definition) is 7. The van der Waals surface area contributed by atoms with Gasteiger partial charge in [-0.2, -0.15) is 0 Å². The molecule has 5 N–H and O–H groups in total. The van der Waals surface area contributed by atoms with Crippen LogP contribution in [0, 0.1) is 17.6 Å². The maximum absolute atomic E-state index is 13.4. The zero-order chi connectivity index (χ0) is 19.0. The lowest BCUT2D eigenvalue weighted by molar-refractivity contribution is -0.0232. The van der Waals surface area contributed by atoms with Gasteiger partial charge in [0.05, 0.1) is 18.2 Å². The van der Waals surface area contributed by atoms with Crippen LogP contribution >= 0.6 is 0 Å². The molecule has 26 heavy (non-hydrogen) atoms. The minimum absolute atomic E-state index is 0.134. The van der Waals surface area contributed by atoms with Crippen LogP contribution in [0.15, 0.2) is 30.6 Å². The third-order valence-corrected chi connectivity index (χ3v) is 4.92. The molecule has 0 saturated heterocycles. The van der Waals surface area contributed by atoms with Crippen LogP contribution in [-0.4, -0.2) is 50.6 Å². The number of aliphatic hydroxyl groups excluding tert-OH is 3. The average molecular weight is 366 g/mol. The Morgan fingerprint density at radius 1 is 1.15 bits per heavy atom. The molecule has 9 heteroatoms. The number of nitrogens with zero attached hydrogens (tertiary/aromatic N) is 3. The van der Waals surface area contributed by atoms with Gasteiger partial charge < -0.3 is 26.0 Å². The highest BCUT2D eigenvalue weighted by Crippen LogP contribution is 2.39. The molecule has 0 spiro atoms. The van der Waals surface area contributed by atoms with E-state index >= 15 is 0 Å². The Hall–Kier alpha value is -2.36. The van der Waals surface area contributed by atoms with Crippen molar-refractivity contribution >= 4 is 11.6 Å². The van der Waals surface area contributed by atoms with E-state index in [1.807, 2.05) is 0 Å². The molecular weight excluding hydrogens is 346 g/mol. The highest BCUT2D eigenvalue weighted by molar-refractivity contribution is 5.46. The van der Waals surface area contributed by atoms with Crippen LogP contribution in [-0.2, 0) is 0 Å². The predicted molar refractivity (Wildman–Crippen MR) is 90.1 cm³/mol. The lowest BCUT2D eigenvalue weighted by Gasteiger charge is -2.28. The van der Waals surface area contributed by atoms with E-state index in [1.165, 1.54) is 18.5 Å². The van der Waals surface area contributed by atoms with Crippen molar-refractivity contribution in [1.29, 1.82) is 0 Å². The van der Waals surface area contributed by atoms with Gasteiger partial charge in [0, 0.05) is 19.0 Å². The Balaban J connectivity index is 1.81. The molecule has 1 aliphatic rings. The summed E-state index contributed by atoms with van der Waals surface area (Å²) in [7, 11) is 1.68. The van der Waals surface area contributed by atoms with E-state index in [4.69, 9.17) is 5.73 Å². The quantitative estimate of drug-likeness (QED) is 0.627. The van der Waals surface area contributed by atoms with Crippen LogP contribution < -0.4 is 10.6 Å². The molecule has 3 unspecified atom stereocenters. The van der Waals surface area contributed by atoms with Gasteiger partial charge in [0.2, 0.25) is 0 Å². The standard InChI is InChI=1S/C17H20F2N4O3/c1-23(14-6-13(20)21-7-22-14)12-5-9(16(25)17(12)26)15(24)8-2-3-10(18)11(19)4-8/h2-4,6-7,9,12,15-17,24-26H,5H2,1H3,(H2,20,21,22)/t9?,12?,15?,16-,17+/m1/s1. The number of nitrogens with two attached hydrogens (primary N) is 1. The highest BCUT2D eigenvalue weighted by atomic mass is 19.2. The molecule has 1 saturated carbocycles. The van der Waals surface area contributed by atoms with Gasteiger partial charge in [-0.15, -0.1) is 0 Å². The first-order chi connectivity index (χ1) is 12.3. The van der Waals surface area contributed by atoms with Crippen LogP contribution in [0.5, 0.6) is 0 Å². The van der Waals surface area contributed by atoms with Crippen molar-refractivity contribution in [2.24, 2.45) is 5.92 Å². The molecule has 3 rings (SSSR count). The molecular formula is C17H20F2N4O3. The molecule has 2 aromatic rings. The second-order valence-corrected chi connectivity index (χ2v) is 6.48. The summed E-state index contributed by atoms with van der Waals surface area (Å²) >= 11 is 0. The maximum atomic E-state index is 13.4. The van der Waals surface area contributed by atoms with Crippen molar-refractivity contribution in [3.8, 4) is 0 Å². The van der Waals surface area contributed by atoms with Crippen LogP contribution in [0.25, 0.3) is 0 Å². The number of hydrogen-bond donors (Lipinski definition) is 4. The Bertz CT molecular complexity index is 794. The number of benzene rings is 1. The fraction of sp³-hybridized carbons (Fsp3) is 0.412. The molecule has 0 bridgehead atoms. The zero-order valence-corrected chi connectivity index (χ0v) is 14.0. The van der Waals surface area contributed by atoms with Crippen LogP contribution in [0.3, 0.4) is 0 Å². The summed E-state index contributed by atoms with van der Waals surface area (Å²) in [5, 5.41) is 31.3. The SMILES string of the molecule is CN(c1cc(N)ncn1)C1CC(C(O)c2ccc(F)c(F)c2)[C@@H](O)[C@H]1O. The molecule has 1 fully saturated rings. The van der Waals surface area contributed by atoms with Gasteiger partial charge in [-0.05, 0) is 24.1 Å². The van der Waals surface area contributed by atoms with Gasteiger partial charge in [0.1, 0.15) is 24.1 Å². The Labute approximate surface area is 148 Å². The number of likely N-dealkylation sites (N-methyl/N-ethyl adjacent to an activating group) is 1. The summed E-state index contributed by atoms with van der Waals surface area (Å²) in [5.41, 5.74) is 5.77. The van der Waals surface area contributed by atoms with E-state index in [0.29, 0.717) is 5.82 Å². The van der Waals surface area contributed by atoms with Crippen molar-refractivity contribution in [2.45, 2.75) is 30.8 Å². The number of halogens is 2. The summed E-state index contributed by atoms with van der Waals surface area (Å²) in [5.74, 6) is -2.15. The van der Waals surface area contributed by atoms with E-state index in [2.05, 4.69) is 9.97 Å². The largest absolute Gasteiger partial charge is 0.390 e. The molecule has 1 aromatic carbocycles. The predicted octanol–water partition coefficient (Wildman–Crippen LogP) is 0.617. The molecule has 0 radical (unpaired) electrons. The first kappa shape index (κ1) is 18.4. The number of nitrogen functional groups attached to an aromatic ring is 1. The van der Waals surface area contributed by atoms with Gasteiger partial charge in [-0.3, -0.25) is 0 Å². The first-order valence-electron chi connectivity index (χ1n) is 8.09. The summed E-state index contributed by atoms with van der Waals surface area (Å²) in [6.45, 7) is 0. The highest BCUT2D eigenvalue weighted by Gasteiger charge is 2.47. The molecule has 1 aromatic heterocycles. The molecule has 7 nitrogen and oxygen atoms in total. The first-order valence-corrected chi connectivity index (χ1v) is 8.09. The van der Waals surface area contributed by atoms with Crippen molar-refractivity contribution in [3.05, 3.63) is 47.8 Å². The van der Waals surface area contributed by atoms with E-state index in [9.17, 15) is 24.1 Å².